The minimum atomic E-state index is -0.669. The number of benzene rings is 2. The molecule has 0 aromatic heterocycles. The molecule has 3 rings (SSSR count). The Bertz CT molecular complexity index is 1050. The van der Waals surface area contributed by atoms with E-state index in [2.05, 4.69) is 6.07 Å². The zero-order chi connectivity index (χ0) is 19.6. The van der Waals surface area contributed by atoms with E-state index in [1.54, 1.807) is 24.3 Å². The maximum absolute atomic E-state index is 11.4. The third-order valence-electron chi connectivity index (χ3n) is 4.25. The van der Waals surface area contributed by atoms with Crippen LogP contribution >= 0.6 is 0 Å². The van der Waals surface area contributed by atoms with Gasteiger partial charge in [0.1, 0.15) is 0 Å². The zero-order valence-corrected chi connectivity index (χ0v) is 14.3. The second-order valence-electron chi connectivity index (χ2n) is 5.80. The van der Waals surface area contributed by atoms with Gasteiger partial charge in [0, 0.05) is 30.1 Å². The van der Waals surface area contributed by atoms with Crippen molar-refractivity contribution in [3.8, 4) is 6.07 Å². The summed E-state index contributed by atoms with van der Waals surface area (Å²) in [5.74, 6) is 0. The molecule has 0 saturated heterocycles. The topological polar surface area (TPSA) is 113 Å². The van der Waals surface area contributed by atoms with Crippen LogP contribution in [0.1, 0.15) is 23.6 Å². The van der Waals surface area contributed by atoms with Gasteiger partial charge >= 0.3 is 0 Å². The molecule has 0 saturated carbocycles. The van der Waals surface area contributed by atoms with E-state index in [1.165, 1.54) is 12.1 Å². The number of hydrogen-bond donors (Lipinski definition) is 0. The van der Waals surface area contributed by atoms with Crippen LogP contribution in [0.4, 0.5) is 17.1 Å². The lowest BCUT2D eigenvalue weighted by atomic mass is 9.95. The second kappa shape index (κ2) is 7.09. The summed E-state index contributed by atoms with van der Waals surface area (Å²) in [7, 11) is 0. The van der Waals surface area contributed by atoms with Crippen molar-refractivity contribution in [1.29, 1.82) is 5.26 Å². The first kappa shape index (κ1) is 17.8. The van der Waals surface area contributed by atoms with Gasteiger partial charge in [-0.15, -0.1) is 0 Å². The lowest BCUT2D eigenvalue weighted by Gasteiger charge is -2.26. The predicted octanol–water partition coefficient (Wildman–Crippen LogP) is 4.27. The van der Waals surface area contributed by atoms with Crippen molar-refractivity contribution in [3.63, 3.8) is 0 Å². The molecule has 0 radical (unpaired) electrons. The van der Waals surface area contributed by atoms with E-state index in [4.69, 9.17) is 0 Å². The number of nitriles is 1. The second-order valence-corrected chi connectivity index (χ2v) is 5.80. The minimum Gasteiger partial charge on any atom is -0.348 e. The lowest BCUT2D eigenvalue weighted by Crippen LogP contribution is -2.19. The van der Waals surface area contributed by atoms with Crippen molar-refractivity contribution < 1.29 is 9.85 Å². The van der Waals surface area contributed by atoms with Gasteiger partial charge in [-0.3, -0.25) is 20.2 Å². The van der Waals surface area contributed by atoms with E-state index >= 15 is 0 Å². The summed E-state index contributed by atoms with van der Waals surface area (Å²) in [5, 5.41) is 31.5. The summed E-state index contributed by atoms with van der Waals surface area (Å²) >= 11 is 0. The SMILES string of the molecule is CCN1C=C/C(=C\c2ccc([N+](=O)[O-])cc2[N+](=O)[O-])c2cc(C#N)ccc21. The molecule has 8 nitrogen and oxygen atoms in total. The highest BCUT2D eigenvalue weighted by Crippen LogP contribution is 2.36. The Labute approximate surface area is 154 Å². The fraction of sp³-hybridized carbons (Fsp3) is 0.105. The van der Waals surface area contributed by atoms with Crippen molar-refractivity contribution in [2.75, 3.05) is 11.4 Å². The van der Waals surface area contributed by atoms with Gasteiger partial charge in [-0.05, 0) is 48.9 Å². The highest BCUT2D eigenvalue weighted by Gasteiger charge is 2.21. The number of allylic oxidation sites excluding steroid dienone is 2. The van der Waals surface area contributed by atoms with Crippen molar-refractivity contribution in [2.45, 2.75) is 6.92 Å². The number of nitro groups is 2. The molecule has 0 unspecified atom stereocenters. The molecule has 0 atom stereocenters. The summed E-state index contributed by atoms with van der Waals surface area (Å²) in [6.45, 7) is 2.71. The Morgan fingerprint density at radius 1 is 1.15 bits per heavy atom. The van der Waals surface area contributed by atoms with Crippen LogP contribution in [0, 0.1) is 31.6 Å². The number of non-ortho nitro benzene ring substituents is 1. The van der Waals surface area contributed by atoms with E-state index in [1.807, 2.05) is 24.1 Å². The standard InChI is InChI=1S/C19H14N4O4/c1-2-21-8-7-14(17-9-13(12-20)3-6-18(17)21)10-15-4-5-16(22(24)25)11-19(15)23(26)27/h3-11H,2H2,1H3/b14-10+. The van der Waals surface area contributed by atoms with Gasteiger partial charge < -0.3 is 4.90 Å². The first-order valence-electron chi connectivity index (χ1n) is 8.08. The third-order valence-corrected chi connectivity index (χ3v) is 4.25. The Hall–Kier alpha value is -3.99. The molecule has 1 heterocycles. The minimum absolute atomic E-state index is 0.253. The Morgan fingerprint density at radius 2 is 1.93 bits per heavy atom. The predicted molar refractivity (Wildman–Crippen MR) is 101 cm³/mol. The molecule has 0 fully saturated rings. The van der Waals surface area contributed by atoms with Gasteiger partial charge in [-0.2, -0.15) is 5.26 Å². The largest absolute Gasteiger partial charge is 0.348 e. The molecule has 0 bridgehead atoms. The van der Waals surface area contributed by atoms with E-state index in [-0.39, 0.29) is 16.9 Å². The first-order valence-corrected chi connectivity index (χ1v) is 8.08. The van der Waals surface area contributed by atoms with Crippen LogP contribution in [0.3, 0.4) is 0 Å². The smallest absolute Gasteiger partial charge is 0.283 e. The van der Waals surface area contributed by atoms with Crippen LogP contribution in [-0.4, -0.2) is 16.4 Å². The maximum atomic E-state index is 11.4. The van der Waals surface area contributed by atoms with E-state index < -0.39 is 9.85 Å². The van der Waals surface area contributed by atoms with Crippen molar-refractivity contribution >= 4 is 28.7 Å². The van der Waals surface area contributed by atoms with Crippen molar-refractivity contribution in [2.24, 2.45) is 0 Å². The highest BCUT2D eigenvalue weighted by atomic mass is 16.6. The molecule has 2 aromatic carbocycles. The summed E-state index contributed by atoms with van der Waals surface area (Å²) in [5.41, 5.74) is 2.38. The lowest BCUT2D eigenvalue weighted by molar-refractivity contribution is -0.394. The molecule has 27 heavy (non-hydrogen) atoms. The number of nitrogens with zero attached hydrogens (tertiary/aromatic N) is 4. The van der Waals surface area contributed by atoms with Gasteiger partial charge in [0.15, 0.2) is 0 Å². The summed E-state index contributed by atoms with van der Waals surface area (Å²) < 4.78 is 0. The number of hydrogen-bond acceptors (Lipinski definition) is 6. The van der Waals surface area contributed by atoms with Crippen LogP contribution < -0.4 is 4.90 Å². The van der Waals surface area contributed by atoms with Gasteiger partial charge in [0.25, 0.3) is 11.4 Å². The van der Waals surface area contributed by atoms with Gasteiger partial charge in [0.2, 0.25) is 0 Å². The number of nitro benzene ring substituents is 2. The summed E-state index contributed by atoms with van der Waals surface area (Å²) in [6, 6.07) is 10.9. The molecule has 0 N–H and O–H groups in total. The molecule has 0 spiro atoms. The maximum Gasteiger partial charge on any atom is 0.283 e. The van der Waals surface area contributed by atoms with Gasteiger partial charge in [0.05, 0.1) is 33.1 Å². The molecule has 2 aromatic rings. The fourth-order valence-corrected chi connectivity index (χ4v) is 2.92. The Kier molecular flexibility index (Phi) is 4.68. The van der Waals surface area contributed by atoms with Crippen LogP contribution in [0.5, 0.6) is 0 Å². The highest BCUT2D eigenvalue weighted by molar-refractivity contribution is 5.96. The average molecular weight is 362 g/mol. The van der Waals surface area contributed by atoms with E-state index in [0.717, 1.165) is 23.9 Å². The Morgan fingerprint density at radius 3 is 2.56 bits per heavy atom. The van der Waals surface area contributed by atoms with Crippen molar-refractivity contribution in [1.82, 2.24) is 0 Å². The van der Waals surface area contributed by atoms with Crippen LogP contribution in [0.25, 0.3) is 11.6 Å². The zero-order valence-electron chi connectivity index (χ0n) is 14.3. The molecule has 1 aliphatic rings. The summed E-state index contributed by atoms with van der Waals surface area (Å²) in [4.78, 5) is 23.0. The molecule has 134 valence electrons. The third kappa shape index (κ3) is 3.39. The molecule has 8 heteroatoms. The number of rotatable bonds is 4. The van der Waals surface area contributed by atoms with Crippen LogP contribution in [0.2, 0.25) is 0 Å². The normalized spacial score (nSPS) is 13.9. The molecular formula is C19H14N4O4. The summed E-state index contributed by atoms with van der Waals surface area (Å²) in [6.07, 6.45) is 5.26. The van der Waals surface area contributed by atoms with Gasteiger partial charge in [-0.1, -0.05) is 0 Å². The number of anilines is 1. The molecule has 1 aliphatic heterocycles. The fourth-order valence-electron chi connectivity index (χ4n) is 2.92. The monoisotopic (exact) mass is 362 g/mol. The molecule has 0 aliphatic carbocycles. The Balaban J connectivity index is 2.17. The van der Waals surface area contributed by atoms with Gasteiger partial charge in [-0.25, -0.2) is 0 Å². The molecule has 0 amide bonds. The number of fused-ring (bicyclic) bond motifs is 1. The molecular weight excluding hydrogens is 348 g/mol. The van der Waals surface area contributed by atoms with E-state index in [0.29, 0.717) is 11.1 Å². The first-order chi connectivity index (χ1) is 12.9. The quantitative estimate of drug-likeness (QED) is 0.593. The average Bonchev–Trinajstić information content (AvgIpc) is 2.67. The van der Waals surface area contributed by atoms with E-state index in [9.17, 15) is 25.5 Å². The van der Waals surface area contributed by atoms with Crippen LogP contribution in [0.15, 0.2) is 48.7 Å². The van der Waals surface area contributed by atoms with Crippen LogP contribution in [-0.2, 0) is 0 Å². The van der Waals surface area contributed by atoms with Crippen molar-refractivity contribution in [3.05, 3.63) is 85.6 Å².